The first kappa shape index (κ1) is 17.2. The number of anilines is 3. The summed E-state index contributed by atoms with van der Waals surface area (Å²) in [7, 11) is 0. The summed E-state index contributed by atoms with van der Waals surface area (Å²) in [6, 6.07) is 10.1. The molecule has 1 fully saturated rings. The van der Waals surface area contributed by atoms with Crippen molar-refractivity contribution in [3.63, 3.8) is 0 Å². The van der Waals surface area contributed by atoms with Crippen molar-refractivity contribution in [1.29, 1.82) is 0 Å². The maximum atomic E-state index is 11.1. The van der Waals surface area contributed by atoms with E-state index in [4.69, 9.17) is 5.11 Å². The van der Waals surface area contributed by atoms with Gasteiger partial charge in [-0.15, -0.1) is 0 Å². The van der Waals surface area contributed by atoms with E-state index in [1.54, 1.807) is 0 Å². The molecule has 0 radical (unpaired) electrons. The number of aliphatic carboxylic acids is 1. The zero-order valence-electron chi connectivity index (χ0n) is 14.7. The molecule has 0 aliphatic carbocycles. The summed E-state index contributed by atoms with van der Waals surface area (Å²) in [5, 5.41) is 12.5. The van der Waals surface area contributed by atoms with Crippen LogP contribution in [0.5, 0.6) is 0 Å². The minimum absolute atomic E-state index is 0.242. The molecule has 1 aliphatic rings. The van der Waals surface area contributed by atoms with Gasteiger partial charge in [-0.1, -0.05) is 25.1 Å². The van der Waals surface area contributed by atoms with Crippen LogP contribution >= 0.6 is 0 Å². The van der Waals surface area contributed by atoms with Crippen molar-refractivity contribution in [2.24, 2.45) is 5.92 Å². The normalized spacial score (nSPS) is 15.2. The number of aromatic nitrogens is 2. The van der Waals surface area contributed by atoms with E-state index in [1.807, 2.05) is 31.2 Å². The fraction of sp³-hybridized carbons (Fsp3) is 0.421. The van der Waals surface area contributed by atoms with Gasteiger partial charge in [-0.3, -0.25) is 4.79 Å². The second-order valence-corrected chi connectivity index (χ2v) is 6.43. The Morgan fingerprint density at radius 1 is 1.28 bits per heavy atom. The van der Waals surface area contributed by atoms with Crippen LogP contribution in [0.2, 0.25) is 0 Å². The number of aryl methyl sites for hydroxylation is 2. The first-order valence-electron chi connectivity index (χ1n) is 8.75. The van der Waals surface area contributed by atoms with Crippen molar-refractivity contribution < 1.29 is 9.90 Å². The zero-order chi connectivity index (χ0) is 17.8. The molecule has 0 unspecified atom stereocenters. The Hall–Kier alpha value is -2.63. The van der Waals surface area contributed by atoms with Gasteiger partial charge in [0.2, 0.25) is 5.95 Å². The quantitative estimate of drug-likeness (QED) is 0.869. The van der Waals surface area contributed by atoms with Crippen LogP contribution in [0.25, 0.3) is 0 Å². The van der Waals surface area contributed by atoms with E-state index in [1.165, 1.54) is 5.56 Å². The first-order valence-corrected chi connectivity index (χ1v) is 8.75. The molecule has 25 heavy (non-hydrogen) atoms. The Morgan fingerprint density at radius 2 is 2.00 bits per heavy atom. The van der Waals surface area contributed by atoms with Gasteiger partial charge < -0.3 is 15.3 Å². The number of nitrogens with one attached hydrogen (secondary N) is 1. The van der Waals surface area contributed by atoms with Gasteiger partial charge in [0.05, 0.1) is 5.92 Å². The average Bonchev–Trinajstić information content (AvgIpc) is 2.62. The third-order valence-electron chi connectivity index (χ3n) is 4.65. The van der Waals surface area contributed by atoms with E-state index in [0.717, 1.165) is 23.6 Å². The molecule has 6 heteroatoms. The van der Waals surface area contributed by atoms with E-state index >= 15 is 0 Å². The lowest BCUT2D eigenvalue weighted by molar-refractivity contribution is -0.142. The van der Waals surface area contributed by atoms with Gasteiger partial charge in [-0.2, -0.15) is 4.98 Å². The molecule has 3 rings (SSSR count). The maximum absolute atomic E-state index is 11.1. The summed E-state index contributed by atoms with van der Waals surface area (Å²) >= 11 is 0. The van der Waals surface area contributed by atoms with Crippen molar-refractivity contribution >= 4 is 23.4 Å². The summed E-state index contributed by atoms with van der Waals surface area (Å²) in [4.78, 5) is 22.4. The monoisotopic (exact) mass is 340 g/mol. The summed E-state index contributed by atoms with van der Waals surface area (Å²) in [5.74, 6) is 0.495. The Balaban J connectivity index is 1.78. The van der Waals surface area contributed by atoms with Crippen LogP contribution in [0.15, 0.2) is 30.3 Å². The van der Waals surface area contributed by atoms with Crippen LogP contribution in [0, 0.1) is 12.8 Å². The fourth-order valence-electron chi connectivity index (χ4n) is 3.20. The maximum Gasteiger partial charge on any atom is 0.306 e. The molecule has 1 saturated heterocycles. The van der Waals surface area contributed by atoms with Gasteiger partial charge in [0, 0.05) is 30.5 Å². The van der Waals surface area contributed by atoms with Crippen LogP contribution in [-0.2, 0) is 11.2 Å². The zero-order valence-corrected chi connectivity index (χ0v) is 14.7. The van der Waals surface area contributed by atoms with Crippen LogP contribution < -0.4 is 10.2 Å². The minimum atomic E-state index is -0.697. The lowest BCUT2D eigenvalue weighted by Gasteiger charge is -2.31. The molecule has 1 aliphatic heterocycles. The van der Waals surface area contributed by atoms with Gasteiger partial charge >= 0.3 is 5.97 Å². The summed E-state index contributed by atoms with van der Waals surface area (Å²) < 4.78 is 0. The molecule has 1 aromatic heterocycles. The number of carboxylic acid groups (broad SMARTS) is 1. The minimum Gasteiger partial charge on any atom is -0.481 e. The van der Waals surface area contributed by atoms with Crippen molar-refractivity contribution in [1.82, 2.24) is 9.97 Å². The molecule has 0 bridgehead atoms. The number of carboxylic acids is 1. The predicted octanol–water partition coefficient (Wildman–Crippen LogP) is 3.39. The van der Waals surface area contributed by atoms with E-state index in [0.29, 0.717) is 31.9 Å². The highest BCUT2D eigenvalue weighted by Crippen LogP contribution is 2.25. The summed E-state index contributed by atoms with van der Waals surface area (Å²) in [6.07, 6.45) is 2.24. The van der Waals surface area contributed by atoms with Crippen molar-refractivity contribution in [3.05, 3.63) is 41.6 Å². The fourth-order valence-corrected chi connectivity index (χ4v) is 3.20. The topological polar surface area (TPSA) is 78.4 Å². The SMILES string of the molecule is CCc1ccccc1Nc1nc(C)cc(N2CCC(C(=O)O)CC2)n1. The molecule has 0 amide bonds. The van der Waals surface area contributed by atoms with Crippen molar-refractivity contribution in [3.8, 4) is 0 Å². The largest absolute Gasteiger partial charge is 0.481 e. The van der Waals surface area contributed by atoms with Crippen LogP contribution in [0.3, 0.4) is 0 Å². The van der Waals surface area contributed by atoms with E-state index in [9.17, 15) is 4.79 Å². The second kappa shape index (κ2) is 7.51. The van der Waals surface area contributed by atoms with Crippen molar-refractivity contribution in [2.45, 2.75) is 33.1 Å². The number of hydrogen-bond acceptors (Lipinski definition) is 5. The number of rotatable bonds is 5. The molecular weight excluding hydrogens is 316 g/mol. The number of hydrogen-bond donors (Lipinski definition) is 2. The third-order valence-corrected chi connectivity index (χ3v) is 4.65. The van der Waals surface area contributed by atoms with Crippen LogP contribution in [-0.4, -0.2) is 34.1 Å². The third kappa shape index (κ3) is 4.07. The Kier molecular flexibility index (Phi) is 5.16. The first-order chi connectivity index (χ1) is 12.1. The molecule has 0 spiro atoms. The molecule has 6 nitrogen and oxygen atoms in total. The lowest BCUT2D eigenvalue weighted by atomic mass is 9.97. The highest BCUT2D eigenvalue weighted by molar-refractivity contribution is 5.70. The van der Waals surface area contributed by atoms with Gasteiger partial charge in [0.1, 0.15) is 5.82 Å². The highest BCUT2D eigenvalue weighted by Gasteiger charge is 2.25. The summed E-state index contributed by atoms with van der Waals surface area (Å²) in [6.45, 7) is 5.48. The predicted molar refractivity (Wildman–Crippen MR) is 98.4 cm³/mol. The van der Waals surface area contributed by atoms with Gasteiger partial charge in [0.25, 0.3) is 0 Å². The Labute approximate surface area is 147 Å². The van der Waals surface area contributed by atoms with E-state index in [-0.39, 0.29) is 5.92 Å². The van der Waals surface area contributed by atoms with Crippen molar-refractivity contribution in [2.75, 3.05) is 23.3 Å². The molecule has 132 valence electrons. The Morgan fingerprint density at radius 3 is 2.68 bits per heavy atom. The summed E-state index contributed by atoms with van der Waals surface area (Å²) in [5.41, 5.74) is 3.13. The second-order valence-electron chi connectivity index (χ2n) is 6.43. The van der Waals surface area contributed by atoms with Crippen LogP contribution in [0.1, 0.15) is 31.0 Å². The Bertz CT molecular complexity index is 755. The molecule has 0 saturated carbocycles. The number of nitrogens with zero attached hydrogens (tertiary/aromatic N) is 3. The number of carbonyl (C=O) groups is 1. The highest BCUT2D eigenvalue weighted by atomic mass is 16.4. The van der Waals surface area contributed by atoms with E-state index in [2.05, 4.69) is 33.2 Å². The molecule has 2 heterocycles. The molecule has 1 aromatic carbocycles. The molecule has 2 aromatic rings. The smallest absolute Gasteiger partial charge is 0.306 e. The van der Waals surface area contributed by atoms with Crippen LogP contribution in [0.4, 0.5) is 17.5 Å². The molecule has 2 N–H and O–H groups in total. The number of piperidine rings is 1. The van der Waals surface area contributed by atoms with Gasteiger partial charge in [-0.25, -0.2) is 4.98 Å². The van der Waals surface area contributed by atoms with Gasteiger partial charge in [0.15, 0.2) is 0 Å². The lowest BCUT2D eigenvalue weighted by Crippen LogP contribution is -2.36. The number of benzene rings is 1. The number of para-hydroxylation sites is 1. The molecular formula is C19H24N4O2. The standard InChI is InChI=1S/C19H24N4O2/c1-3-14-6-4-5-7-16(14)21-19-20-13(2)12-17(22-19)23-10-8-15(9-11-23)18(24)25/h4-7,12,15H,3,8-11H2,1-2H3,(H,24,25)(H,20,21,22). The van der Waals surface area contributed by atoms with E-state index < -0.39 is 5.97 Å². The average molecular weight is 340 g/mol. The molecule has 0 atom stereocenters. The van der Waals surface area contributed by atoms with Gasteiger partial charge in [-0.05, 0) is 37.8 Å².